The molecule has 10 nitrogen and oxygen atoms in total. The second kappa shape index (κ2) is 13.2. The number of ether oxygens (including phenoxy) is 3. The van der Waals surface area contributed by atoms with Crippen LogP contribution < -0.4 is 14.8 Å². The van der Waals surface area contributed by atoms with E-state index in [0.717, 1.165) is 16.9 Å². The molecule has 2 aromatic rings. The van der Waals surface area contributed by atoms with Crippen molar-refractivity contribution in [2.45, 2.75) is 32.2 Å². The third kappa shape index (κ3) is 6.32. The molecule has 1 N–H and O–H groups in total. The van der Waals surface area contributed by atoms with E-state index in [1.54, 1.807) is 12.1 Å². The van der Waals surface area contributed by atoms with Crippen molar-refractivity contribution in [3.8, 4) is 17.6 Å². The highest BCUT2D eigenvalue weighted by Crippen LogP contribution is 2.29. The average molecular weight is 508 g/mol. The molecule has 0 aliphatic carbocycles. The molecule has 194 valence electrons. The third-order valence-electron chi connectivity index (χ3n) is 5.88. The van der Waals surface area contributed by atoms with Crippen LogP contribution in [0.15, 0.2) is 36.4 Å². The van der Waals surface area contributed by atoms with Crippen LogP contribution in [0, 0.1) is 11.3 Å². The number of nitrogens with zero attached hydrogens (tertiary/aromatic N) is 2. The highest BCUT2D eigenvalue weighted by atomic mass is 16.5. The van der Waals surface area contributed by atoms with Crippen LogP contribution in [0.1, 0.15) is 51.6 Å². The lowest BCUT2D eigenvalue weighted by Gasteiger charge is -2.24. The molecule has 0 aromatic heterocycles. The van der Waals surface area contributed by atoms with Crippen LogP contribution in [-0.4, -0.2) is 68.4 Å². The van der Waals surface area contributed by atoms with Crippen LogP contribution in [0.25, 0.3) is 0 Å². The fraction of sp³-hybridized carbons (Fsp3) is 0.370. The normalized spacial score (nSPS) is 13.1. The number of hydrogen-bond donors (Lipinski definition) is 1. The standard InChI is InChI=1S/C27H29N3O7/c1-3-18-6-4-7-19(17-28)24(18)37-15-13-35-12-14-36-20-9-10-21-22(16-20)27(34)30(26(21)33)23(8-5-11-31)25(32)29-2/h4,6-7,9-11,16,23H,3,5,8,12-15H2,1-2H3,(H,29,32). The zero-order valence-electron chi connectivity index (χ0n) is 20.8. The molecule has 1 unspecified atom stereocenters. The van der Waals surface area contributed by atoms with E-state index in [9.17, 15) is 24.4 Å². The van der Waals surface area contributed by atoms with Crippen LogP contribution in [0.2, 0.25) is 0 Å². The predicted molar refractivity (Wildman–Crippen MR) is 132 cm³/mol. The number of para-hydroxylation sites is 1. The van der Waals surface area contributed by atoms with Crippen LogP contribution in [0.3, 0.4) is 0 Å². The first-order chi connectivity index (χ1) is 18.0. The largest absolute Gasteiger partial charge is 0.491 e. The van der Waals surface area contributed by atoms with Gasteiger partial charge in [-0.05, 0) is 42.7 Å². The van der Waals surface area contributed by atoms with Crippen molar-refractivity contribution in [2.75, 3.05) is 33.5 Å². The molecule has 37 heavy (non-hydrogen) atoms. The molecule has 1 aliphatic rings. The fourth-order valence-electron chi connectivity index (χ4n) is 4.03. The summed E-state index contributed by atoms with van der Waals surface area (Å²) in [4.78, 5) is 49.8. The molecule has 0 saturated heterocycles. The molecular formula is C27H29N3O7. The van der Waals surface area contributed by atoms with Crippen molar-refractivity contribution in [1.29, 1.82) is 5.26 Å². The van der Waals surface area contributed by atoms with Gasteiger partial charge in [-0.2, -0.15) is 5.26 Å². The van der Waals surface area contributed by atoms with Gasteiger partial charge in [0, 0.05) is 13.5 Å². The average Bonchev–Trinajstić information content (AvgIpc) is 3.17. The minimum atomic E-state index is -1.07. The van der Waals surface area contributed by atoms with Crippen LogP contribution >= 0.6 is 0 Å². The summed E-state index contributed by atoms with van der Waals surface area (Å²) in [6.07, 6.45) is 1.47. The van der Waals surface area contributed by atoms with E-state index in [1.807, 2.05) is 19.1 Å². The number of hydrogen-bond acceptors (Lipinski definition) is 8. The number of benzene rings is 2. The van der Waals surface area contributed by atoms with Gasteiger partial charge in [-0.1, -0.05) is 19.1 Å². The lowest BCUT2D eigenvalue weighted by atomic mass is 10.1. The van der Waals surface area contributed by atoms with E-state index in [-0.39, 0.29) is 43.8 Å². The van der Waals surface area contributed by atoms with Crippen molar-refractivity contribution in [3.63, 3.8) is 0 Å². The van der Waals surface area contributed by atoms with E-state index in [0.29, 0.717) is 30.0 Å². The number of amides is 3. The van der Waals surface area contributed by atoms with Gasteiger partial charge in [0.2, 0.25) is 5.91 Å². The quantitative estimate of drug-likeness (QED) is 0.234. The van der Waals surface area contributed by atoms with E-state index in [1.165, 1.54) is 19.2 Å². The lowest BCUT2D eigenvalue weighted by molar-refractivity contribution is -0.124. The molecule has 2 aromatic carbocycles. The summed E-state index contributed by atoms with van der Waals surface area (Å²) in [5.74, 6) is -0.762. The molecule has 1 atom stereocenters. The smallest absolute Gasteiger partial charge is 0.262 e. The fourth-order valence-corrected chi connectivity index (χ4v) is 4.03. The summed E-state index contributed by atoms with van der Waals surface area (Å²) >= 11 is 0. The van der Waals surface area contributed by atoms with Gasteiger partial charge in [0.05, 0.1) is 29.9 Å². The van der Waals surface area contributed by atoms with E-state index >= 15 is 0 Å². The number of fused-ring (bicyclic) bond motifs is 1. The maximum atomic E-state index is 13.0. The Hall–Kier alpha value is -4.23. The number of likely N-dealkylation sites (N-methyl/N-ethyl adjacent to an activating group) is 1. The molecule has 3 rings (SSSR count). The molecule has 3 amide bonds. The number of aldehydes is 1. The van der Waals surface area contributed by atoms with Gasteiger partial charge < -0.3 is 24.3 Å². The maximum Gasteiger partial charge on any atom is 0.262 e. The molecule has 0 fully saturated rings. The van der Waals surface area contributed by atoms with Crippen molar-refractivity contribution < 1.29 is 33.4 Å². The van der Waals surface area contributed by atoms with Gasteiger partial charge >= 0.3 is 0 Å². The van der Waals surface area contributed by atoms with Gasteiger partial charge in [0.15, 0.2) is 0 Å². The monoisotopic (exact) mass is 507 g/mol. The Morgan fingerprint density at radius 1 is 1.08 bits per heavy atom. The van der Waals surface area contributed by atoms with Gasteiger partial charge in [-0.25, -0.2) is 0 Å². The van der Waals surface area contributed by atoms with Gasteiger partial charge in [-0.15, -0.1) is 0 Å². The van der Waals surface area contributed by atoms with Gasteiger partial charge in [0.25, 0.3) is 11.8 Å². The maximum absolute atomic E-state index is 13.0. The summed E-state index contributed by atoms with van der Waals surface area (Å²) < 4.78 is 17.0. The molecule has 0 bridgehead atoms. The van der Waals surface area contributed by atoms with Crippen molar-refractivity contribution >= 4 is 24.0 Å². The molecule has 0 saturated carbocycles. The number of aryl methyl sites for hydroxylation is 1. The Labute approximate surface area is 215 Å². The number of carbonyl (C=O) groups is 4. The van der Waals surface area contributed by atoms with E-state index < -0.39 is 23.8 Å². The molecule has 10 heteroatoms. The Balaban J connectivity index is 1.51. The summed E-state index contributed by atoms with van der Waals surface area (Å²) in [5.41, 5.74) is 1.75. The van der Waals surface area contributed by atoms with Crippen LogP contribution in [-0.2, 0) is 20.7 Å². The van der Waals surface area contributed by atoms with Crippen molar-refractivity contribution in [3.05, 3.63) is 58.7 Å². The highest BCUT2D eigenvalue weighted by molar-refractivity contribution is 6.23. The Bertz CT molecular complexity index is 1200. The van der Waals surface area contributed by atoms with E-state index in [2.05, 4.69) is 11.4 Å². The minimum absolute atomic E-state index is 0.0372. The summed E-state index contributed by atoms with van der Waals surface area (Å²) in [6.45, 7) is 3.00. The van der Waals surface area contributed by atoms with Crippen LogP contribution in [0.5, 0.6) is 11.5 Å². The molecule has 0 radical (unpaired) electrons. The summed E-state index contributed by atoms with van der Waals surface area (Å²) in [7, 11) is 1.40. The number of nitrogens with one attached hydrogen (secondary N) is 1. The molecule has 0 spiro atoms. The summed E-state index contributed by atoms with van der Waals surface area (Å²) in [5, 5.41) is 11.7. The van der Waals surface area contributed by atoms with Crippen molar-refractivity contribution in [2.24, 2.45) is 0 Å². The highest BCUT2D eigenvalue weighted by Gasteiger charge is 2.42. The molecular weight excluding hydrogens is 478 g/mol. The minimum Gasteiger partial charge on any atom is -0.491 e. The van der Waals surface area contributed by atoms with Gasteiger partial charge in [-0.3, -0.25) is 19.3 Å². The number of imide groups is 1. The zero-order chi connectivity index (χ0) is 26.8. The summed E-state index contributed by atoms with van der Waals surface area (Å²) in [6, 6.07) is 11.0. The predicted octanol–water partition coefficient (Wildman–Crippen LogP) is 2.28. The number of rotatable bonds is 14. The topological polar surface area (TPSA) is 135 Å². The molecule has 1 heterocycles. The Morgan fingerprint density at radius 3 is 2.49 bits per heavy atom. The zero-order valence-corrected chi connectivity index (χ0v) is 20.8. The van der Waals surface area contributed by atoms with E-state index in [4.69, 9.17) is 14.2 Å². The first kappa shape index (κ1) is 27.4. The second-order valence-corrected chi connectivity index (χ2v) is 8.13. The Kier molecular flexibility index (Phi) is 9.75. The number of nitriles is 1. The van der Waals surface area contributed by atoms with Gasteiger partial charge in [0.1, 0.15) is 43.1 Å². The lowest BCUT2D eigenvalue weighted by Crippen LogP contribution is -2.48. The number of carbonyl (C=O) groups excluding carboxylic acids is 4. The second-order valence-electron chi connectivity index (χ2n) is 8.13. The molecule has 1 aliphatic heterocycles. The first-order valence-electron chi connectivity index (χ1n) is 12.0. The van der Waals surface area contributed by atoms with Crippen molar-refractivity contribution in [1.82, 2.24) is 10.2 Å². The first-order valence-corrected chi connectivity index (χ1v) is 12.0. The Morgan fingerprint density at radius 2 is 1.81 bits per heavy atom. The SMILES string of the molecule is CCc1cccc(C#N)c1OCCOCCOc1ccc2c(c1)C(=O)N(C(CCC=O)C(=O)NC)C2=O. The van der Waals surface area contributed by atoms with Crippen LogP contribution in [0.4, 0.5) is 0 Å². The third-order valence-corrected chi connectivity index (χ3v) is 5.88.